The van der Waals surface area contributed by atoms with Crippen molar-refractivity contribution in [3.8, 4) is 0 Å². The maximum absolute atomic E-state index is 11.6. The van der Waals surface area contributed by atoms with Gasteiger partial charge < -0.3 is 5.32 Å². The lowest BCUT2D eigenvalue weighted by atomic mass is 9.90. The van der Waals surface area contributed by atoms with Crippen LogP contribution in [0, 0.1) is 5.41 Å². The molecular weight excluding hydrogens is 214 g/mol. The Hall–Kier alpha value is -1.38. The Morgan fingerprint density at radius 2 is 1.71 bits per heavy atom. The summed E-state index contributed by atoms with van der Waals surface area (Å²) in [6.45, 7) is 12.8. The third-order valence-electron chi connectivity index (χ3n) is 2.28. The second-order valence-electron chi connectivity index (χ2n) is 5.80. The average Bonchev–Trinajstić information content (AvgIpc) is 2.14. The standard InChI is InChI=1S/C14H23NO2/c1-7-12(17)15-14(5,6)10-8-9-11(16)13(2,3)4/h7-9H,1,10H2,2-6H3,(H,15,17)/b9-8-. The summed E-state index contributed by atoms with van der Waals surface area (Å²) < 4.78 is 0. The second-order valence-corrected chi connectivity index (χ2v) is 5.80. The van der Waals surface area contributed by atoms with Crippen LogP contribution in [0.15, 0.2) is 24.8 Å². The van der Waals surface area contributed by atoms with Gasteiger partial charge in [-0.25, -0.2) is 0 Å². The monoisotopic (exact) mass is 237 g/mol. The average molecular weight is 237 g/mol. The summed E-state index contributed by atoms with van der Waals surface area (Å²) in [7, 11) is 0. The second kappa shape index (κ2) is 5.80. The summed E-state index contributed by atoms with van der Waals surface area (Å²) in [4.78, 5) is 22.8. The molecule has 3 nitrogen and oxygen atoms in total. The number of amides is 1. The predicted molar refractivity (Wildman–Crippen MR) is 70.6 cm³/mol. The number of carbonyl (C=O) groups excluding carboxylic acids is 2. The molecule has 0 aromatic carbocycles. The van der Waals surface area contributed by atoms with Gasteiger partial charge in [-0.1, -0.05) is 33.4 Å². The Balaban J connectivity index is 4.36. The largest absolute Gasteiger partial charge is 0.347 e. The summed E-state index contributed by atoms with van der Waals surface area (Å²) >= 11 is 0. The van der Waals surface area contributed by atoms with Gasteiger partial charge in [-0.3, -0.25) is 9.59 Å². The Morgan fingerprint density at radius 3 is 2.12 bits per heavy atom. The molecule has 0 aromatic rings. The van der Waals surface area contributed by atoms with Gasteiger partial charge in [0, 0.05) is 11.0 Å². The van der Waals surface area contributed by atoms with Crippen molar-refractivity contribution in [1.29, 1.82) is 0 Å². The molecule has 0 saturated heterocycles. The Morgan fingerprint density at radius 1 is 1.18 bits per heavy atom. The first-order valence-corrected chi connectivity index (χ1v) is 5.74. The van der Waals surface area contributed by atoms with Crippen LogP contribution in [0.2, 0.25) is 0 Å². The van der Waals surface area contributed by atoms with Crippen molar-refractivity contribution in [1.82, 2.24) is 5.32 Å². The highest BCUT2D eigenvalue weighted by Crippen LogP contribution is 2.16. The number of allylic oxidation sites excluding steroid dienone is 1. The number of nitrogens with one attached hydrogen (secondary N) is 1. The lowest BCUT2D eigenvalue weighted by Crippen LogP contribution is -2.42. The first-order valence-electron chi connectivity index (χ1n) is 5.74. The van der Waals surface area contributed by atoms with Crippen molar-refractivity contribution in [3.05, 3.63) is 24.8 Å². The van der Waals surface area contributed by atoms with Gasteiger partial charge in [0.05, 0.1) is 0 Å². The molecule has 0 saturated carbocycles. The van der Waals surface area contributed by atoms with E-state index in [0.717, 1.165) is 0 Å². The van der Waals surface area contributed by atoms with E-state index in [0.29, 0.717) is 6.42 Å². The maximum atomic E-state index is 11.6. The summed E-state index contributed by atoms with van der Waals surface area (Å²) in [6, 6.07) is 0. The van der Waals surface area contributed by atoms with Crippen molar-refractivity contribution in [2.24, 2.45) is 5.41 Å². The molecule has 0 bridgehead atoms. The zero-order valence-electron chi connectivity index (χ0n) is 11.5. The molecule has 0 radical (unpaired) electrons. The third-order valence-corrected chi connectivity index (χ3v) is 2.28. The van der Waals surface area contributed by atoms with Crippen LogP contribution in [0.1, 0.15) is 41.0 Å². The van der Waals surface area contributed by atoms with E-state index < -0.39 is 0 Å². The van der Waals surface area contributed by atoms with E-state index in [1.165, 1.54) is 6.08 Å². The van der Waals surface area contributed by atoms with Gasteiger partial charge in [-0.05, 0) is 32.4 Å². The first-order chi connectivity index (χ1) is 7.58. The number of hydrogen-bond donors (Lipinski definition) is 1. The van der Waals surface area contributed by atoms with Gasteiger partial charge >= 0.3 is 0 Å². The van der Waals surface area contributed by atoms with Gasteiger partial charge in [0.15, 0.2) is 5.78 Å². The van der Waals surface area contributed by atoms with Crippen molar-refractivity contribution in [2.45, 2.75) is 46.6 Å². The van der Waals surface area contributed by atoms with Crippen LogP contribution < -0.4 is 5.32 Å². The minimum Gasteiger partial charge on any atom is -0.347 e. The molecule has 3 heteroatoms. The Bertz CT molecular complexity index is 333. The van der Waals surface area contributed by atoms with Gasteiger partial charge in [0.1, 0.15) is 0 Å². The van der Waals surface area contributed by atoms with E-state index in [1.54, 1.807) is 12.2 Å². The summed E-state index contributed by atoms with van der Waals surface area (Å²) in [5.74, 6) is -0.117. The zero-order valence-corrected chi connectivity index (χ0v) is 11.5. The van der Waals surface area contributed by atoms with Crippen LogP contribution in [0.25, 0.3) is 0 Å². The minimum atomic E-state index is -0.375. The number of ketones is 1. The zero-order chi connectivity index (χ0) is 13.7. The normalized spacial score (nSPS) is 12.5. The molecule has 17 heavy (non-hydrogen) atoms. The molecule has 0 fully saturated rings. The van der Waals surface area contributed by atoms with Crippen LogP contribution in [0.4, 0.5) is 0 Å². The maximum Gasteiger partial charge on any atom is 0.243 e. The number of hydrogen-bond acceptors (Lipinski definition) is 2. The number of rotatable bonds is 5. The minimum absolute atomic E-state index is 0.0864. The molecule has 0 unspecified atom stereocenters. The van der Waals surface area contributed by atoms with Gasteiger partial charge in [-0.15, -0.1) is 0 Å². The van der Waals surface area contributed by atoms with E-state index in [2.05, 4.69) is 11.9 Å². The molecule has 96 valence electrons. The fourth-order valence-corrected chi connectivity index (χ4v) is 1.15. The summed E-state index contributed by atoms with van der Waals surface area (Å²) in [5, 5.41) is 2.80. The van der Waals surface area contributed by atoms with E-state index in [9.17, 15) is 9.59 Å². The molecule has 0 rings (SSSR count). The fraction of sp³-hybridized carbons (Fsp3) is 0.571. The molecule has 0 aliphatic rings. The van der Waals surface area contributed by atoms with Crippen molar-refractivity contribution in [3.63, 3.8) is 0 Å². The van der Waals surface area contributed by atoms with Crippen molar-refractivity contribution >= 4 is 11.7 Å². The topological polar surface area (TPSA) is 46.2 Å². The molecule has 0 atom stereocenters. The van der Waals surface area contributed by atoms with E-state index >= 15 is 0 Å². The molecule has 0 heterocycles. The van der Waals surface area contributed by atoms with E-state index in [-0.39, 0.29) is 22.6 Å². The molecule has 1 amide bonds. The third kappa shape index (κ3) is 6.72. The quantitative estimate of drug-likeness (QED) is 0.747. The van der Waals surface area contributed by atoms with Gasteiger partial charge in [0.25, 0.3) is 0 Å². The SMILES string of the molecule is C=CC(=O)NC(C)(C)C/C=C\C(=O)C(C)(C)C. The fourth-order valence-electron chi connectivity index (χ4n) is 1.15. The van der Waals surface area contributed by atoms with Crippen molar-refractivity contribution in [2.75, 3.05) is 0 Å². The van der Waals surface area contributed by atoms with Crippen LogP contribution in [0.5, 0.6) is 0 Å². The predicted octanol–water partition coefficient (Wildman–Crippen LogP) is 2.63. The number of carbonyl (C=O) groups is 2. The van der Waals surface area contributed by atoms with Crippen molar-refractivity contribution < 1.29 is 9.59 Å². The summed E-state index contributed by atoms with van der Waals surface area (Å²) in [6.07, 6.45) is 5.24. The highest BCUT2D eigenvalue weighted by molar-refractivity contribution is 5.93. The van der Waals surface area contributed by atoms with Gasteiger partial charge in [0.2, 0.25) is 5.91 Å². The molecule has 0 spiro atoms. The molecule has 0 aliphatic heterocycles. The van der Waals surface area contributed by atoms with Crippen LogP contribution in [-0.4, -0.2) is 17.2 Å². The smallest absolute Gasteiger partial charge is 0.243 e. The van der Waals surface area contributed by atoms with E-state index in [4.69, 9.17) is 0 Å². The summed E-state index contributed by atoms with van der Waals surface area (Å²) in [5.41, 5.74) is -0.731. The van der Waals surface area contributed by atoms with Crippen LogP contribution in [0.3, 0.4) is 0 Å². The molecule has 1 N–H and O–H groups in total. The Labute approximate surface area is 104 Å². The van der Waals surface area contributed by atoms with Crippen LogP contribution >= 0.6 is 0 Å². The van der Waals surface area contributed by atoms with Gasteiger partial charge in [-0.2, -0.15) is 0 Å². The molecule has 0 aromatic heterocycles. The lowest BCUT2D eigenvalue weighted by molar-refractivity contribution is -0.121. The molecular formula is C14H23NO2. The first kappa shape index (κ1) is 15.6. The Kier molecular flexibility index (Phi) is 5.33. The van der Waals surface area contributed by atoms with Crippen LogP contribution in [-0.2, 0) is 9.59 Å². The van der Waals surface area contributed by atoms with E-state index in [1.807, 2.05) is 34.6 Å². The highest BCUT2D eigenvalue weighted by Gasteiger charge is 2.20. The molecule has 0 aliphatic carbocycles. The lowest BCUT2D eigenvalue weighted by Gasteiger charge is -2.24. The highest BCUT2D eigenvalue weighted by atomic mass is 16.1.